The summed E-state index contributed by atoms with van der Waals surface area (Å²) in [6, 6.07) is 11.4. The molecule has 0 amide bonds. The zero-order chi connectivity index (χ0) is 13.9. The molecule has 1 aromatic carbocycles. The lowest BCUT2D eigenvalue weighted by Gasteiger charge is -2.07. The van der Waals surface area contributed by atoms with Gasteiger partial charge in [-0.15, -0.1) is 11.8 Å². The highest BCUT2D eigenvalue weighted by atomic mass is 32.2. The number of hydrogen-bond donors (Lipinski definition) is 1. The van der Waals surface area contributed by atoms with Crippen LogP contribution >= 0.6 is 11.8 Å². The van der Waals surface area contributed by atoms with Gasteiger partial charge in [0, 0.05) is 31.0 Å². The Balaban J connectivity index is 1.70. The van der Waals surface area contributed by atoms with Gasteiger partial charge in [-0.2, -0.15) is 5.10 Å². The lowest BCUT2D eigenvalue weighted by Crippen LogP contribution is -2.16. The van der Waals surface area contributed by atoms with Gasteiger partial charge in [-0.05, 0) is 25.3 Å². The van der Waals surface area contributed by atoms with Crippen LogP contribution in [-0.4, -0.2) is 15.8 Å². The quantitative estimate of drug-likeness (QED) is 0.827. The second kappa shape index (κ2) is 6.02. The maximum absolute atomic E-state index is 4.58. The summed E-state index contributed by atoms with van der Waals surface area (Å²) in [6.45, 7) is 3.05. The Hall–Kier alpha value is -1.26. The molecule has 0 radical (unpaired) electrons. The molecular weight excluding hydrogens is 266 g/mol. The zero-order valence-corrected chi connectivity index (χ0v) is 12.9. The maximum atomic E-state index is 4.58. The first-order chi connectivity index (χ1) is 9.74. The Morgan fingerprint density at radius 3 is 2.75 bits per heavy atom. The average molecular weight is 287 g/mol. The van der Waals surface area contributed by atoms with Crippen molar-refractivity contribution in [3.8, 4) is 0 Å². The van der Waals surface area contributed by atoms with E-state index in [-0.39, 0.29) is 0 Å². The second-order valence-corrected chi connectivity index (χ2v) is 6.39. The van der Waals surface area contributed by atoms with E-state index in [0.29, 0.717) is 0 Å². The van der Waals surface area contributed by atoms with E-state index in [9.17, 15) is 0 Å². The first-order valence-corrected chi connectivity index (χ1v) is 8.15. The van der Waals surface area contributed by atoms with E-state index in [1.54, 1.807) is 0 Å². The van der Waals surface area contributed by atoms with Gasteiger partial charge in [0.1, 0.15) is 0 Å². The molecule has 1 aliphatic rings. The van der Waals surface area contributed by atoms with Crippen LogP contribution in [0, 0.1) is 6.92 Å². The fourth-order valence-electron chi connectivity index (χ4n) is 2.32. The molecule has 106 valence electrons. The predicted octanol–water partition coefficient (Wildman–Crippen LogP) is 3.27. The molecule has 0 aliphatic heterocycles. The maximum Gasteiger partial charge on any atom is 0.0987 e. The second-order valence-electron chi connectivity index (χ2n) is 5.42. The molecule has 3 nitrogen and oxygen atoms in total. The number of aryl methyl sites for hydroxylation is 2. The highest BCUT2D eigenvalue weighted by Crippen LogP contribution is 2.29. The van der Waals surface area contributed by atoms with Crippen molar-refractivity contribution in [3.63, 3.8) is 0 Å². The van der Waals surface area contributed by atoms with Crippen LogP contribution in [0.1, 0.15) is 29.7 Å². The number of hydrogen-bond acceptors (Lipinski definition) is 3. The predicted molar refractivity (Wildman–Crippen MR) is 83.8 cm³/mol. The summed E-state index contributed by atoms with van der Waals surface area (Å²) in [5.74, 6) is 0.996. The summed E-state index contributed by atoms with van der Waals surface area (Å²) in [5, 5.41) is 9.47. The van der Waals surface area contributed by atoms with E-state index < -0.39 is 0 Å². The standard InChI is InChI=1S/C16H21N3S/c1-12-15(10-17-14-8-9-14)16(19(2)18-12)20-11-13-6-4-3-5-7-13/h3-7,14,17H,8-11H2,1-2H3. The third-order valence-electron chi connectivity index (χ3n) is 3.65. The minimum atomic E-state index is 0.738. The molecule has 0 spiro atoms. The minimum absolute atomic E-state index is 0.738. The summed E-state index contributed by atoms with van der Waals surface area (Å²) < 4.78 is 2.02. The Labute approximate surface area is 124 Å². The first-order valence-electron chi connectivity index (χ1n) is 7.16. The molecule has 2 aromatic rings. The van der Waals surface area contributed by atoms with E-state index in [4.69, 9.17) is 0 Å². The van der Waals surface area contributed by atoms with Gasteiger partial charge < -0.3 is 5.32 Å². The van der Waals surface area contributed by atoms with Gasteiger partial charge in [0.25, 0.3) is 0 Å². The fraction of sp³-hybridized carbons (Fsp3) is 0.438. The largest absolute Gasteiger partial charge is 0.310 e. The van der Waals surface area contributed by atoms with Gasteiger partial charge in [0.15, 0.2) is 0 Å². The molecule has 1 N–H and O–H groups in total. The molecule has 3 rings (SSSR count). The molecule has 0 bridgehead atoms. The third-order valence-corrected chi connectivity index (χ3v) is 4.91. The van der Waals surface area contributed by atoms with Gasteiger partial charge in [-0.25, -0.2) is 0 Å². The smallest absolute Gasteiger partial charge is 0.0987 e. The molecule has 1 saturated carbocycles. The normalized spacial score (nSPS) is 14.7. The van der Waals surface area contributed by atoms with Crippen LogP contribution < -0.4 is 5.32 Å². The average Bonchev–Trinajstić information content (AvgIpc) is 3.23. The number of aromatic nitrogens is 2. The van der Waals surface area contributed by atoms with Crippen LogP contribution in [-0.2, 0) is 19.3 Å². The highest BCUT2D eigenvalue weighted by molar-refractivity contribution is 7.98. The van der Waals surface area contributed by atoms with Crippen molar-refractivity contribution in [2.45, 2.75) is 43.1 Å². The van der Waals surface area contributed by atoms with E-state index in [1.165, 1.54) is 29.0 Å². The molecule has 0 atom stereocenters. The van der Waals surface area contributed by atoms with Crippen molar-refractivity contribution in [1.82, 2.24) is 15.1 Å². The van der Waals surface area contributed by atoms with Gasteiger partial charge >= 0.3 is 0 Å². The number of benzene rings is 1. The number of nitrogens with one attached hydrogen (secondary N) is 1. The van der Waals surface area contributed by atoms with E-state index in [1.807, 2.05) is 23.5 Å². The molecule has 4 heteroatoms. The Morgan fingerprint density at radius 2 is 2.05 bits per heavy atom. The monoisotopic (exact) mass is 287 g/mol. The Kier molecular flexibility index (Phi) is 4.13. The lowest BCUT2D eigenvalue weighted by atomic mass is 10.2. The van der Waals surface area contributed by atoms with Crippen molar-refractivity contribution in [3.05, 3.63) is 47.2 Å². The SMILES string of the molecule is Cc1nn(C)c(SCc2ccccc2)c1CNC1CC1. The lowest BCUT2D eigenvalue weighted by molar-refractivity contribution is 0.658. The van der Waals surface area contributed by atoms with Crippen molar-refractivity contribution in [1.29, 1.82) is 0 Å². The van der Waals surface area contributed by atoms with Crippen LogP contribution in [0.2, 0.25) is 0 Å². The molecular formula is C16H21N3S. The molecule has 1 fully saturated rings. The van der Waals surface area contributed by atoms with Crippen molar-refractivity contribution in [2.75, 3.05) is 0 Å². The summed E-state index contributed by atoms with van der Waals surface area (Å²) >= 11 is 1.88. The van der Waals surface area contributed by atoms with Crippen molar-refractivity contribution < 1.29 is 0 Å². The van der Waals surface area contributed by atoms with Crippen LogP contribution in [0.15, 0.2) is 35.4 Å². The topological polar surface area (TPSA) is 29.9 Å². The summed E-state index contributed by atoms with van der Waals surface area (Å²) in [5.41, 5.74) is 3.87. The van der Waals surface area contributed by atoms with Crippen molar-refractivity contribution in [2.24, 2.45) is 7.05 Å². The van der Waals surface area contributed by atoms with Crippen LogP contribution in [0.5, 0.6) is 0 Å². The summed E-state index contributed by atoms with van der Waals surface area (Å²) in [6.07, 6.45) is 2.65. The van der Waals surface area contributed by atoms with Crippen LogP contribution in [0.3, 0.4) is 0 Å². The Morgan fingerprint density at radius 1 is 1.30 bits per heavy atom. The number of nitrogens with zero attached hydrogens (tertiary/aromatic N) is 2. The fourth-order valence-corrected chi connectivity index (χ4v) is 3.44. The zero-order valence-electron chi connectivity index (χ0n) is 12.1. The van der Waals surface area contributed by atoms with Gasteiger partial charge in [-0.1, -0.05) is 30.3 Å². The van der Waals surface area contributed by atoms with Crippen molar-refractivity contribution >= 4 is 11.8 Å². The number of thioether (sulfide) groups is 1. The Bertz CT molecular complexity index is 573. The van der Waals surface area contributed by atoms with Gasteiger partial charge in [0.2, 0.25) is 0 Å². The molecule has 20 heavy (non-hydrogen) atoms. The summed E-state index contributed by atoms with van der Waals surface area (Å²) in [7, 11) is 2.04. The van der Waals surface area contributed by atoms with Gasteiger partial charge in [0.05, 0.1) is 10.7 Å². The first kappa shape index (κ1) is 13.7. The number of rotatable bonds is 6. The van der Waals surface area contributed by atoms with Crippen LogP contribution in [0.4, 0.5) is 0 Å². The molecule has 1 aliphatic carbocycles. The minimum Gasteiger partial charge on any atom is -0.310 e. The van der Waals surface area contributed by atoms with Crippen LogP contribution in [0.25, 0.3) is 0 Å². The molecule has 0 unspecified atom stereocenters. The van der Waals surface area contributed by atoms with E-state index in [2.05, 4.69) is 47.7 Å². The summed E-state index contributed by atoms with van der Waals surface area (Å²) in [4.78, 5) is 0. The molecule has 0 saturated heterocycles. The van der Waals surface area contributed by atoms with Gasteiger partial charge in [-0.3, -0.25) is 4.68 Å². The molecule has 1 aromatic heterocycles. The third kappa shape index (κ3) is 3.25. The highest BCUT2D eigenvalue weighted by Gasteiger charge is 2.22. The van der Waals surface area contributed by atoms with E-state index in [0.717, 1.165) is 24.0 Å². The van der Waals surface area contributed by atoms with E-state index >= 15 is 0 Å². The molecule has 1 heterocycles.